The zero-order chi connectivity index (χ0) is 14.4. The Kier molecular flexibility index (Phi) is 6.07. The number of hydrogen-bond acceptors (Lipinski definition) is 2. The van der Waals surface area contributed by atoms with Crippen LogP contribution in [0.2, 0.25) is 0 Å². The summed E-state index contributed by atoms with van der Waals surface area (Å²) in [6.07, 6.45) is 2.50. The van der Waals surface area contributed by atoms with E-state index in [0.717, 1.165) is 41.9 Å². The van der Waals surface area contributed by atoms with E-state index < -0.39 is 0 Å². The third-order valence-corrected chi connectivity index (χ3v) is 3.22. The summed E-state index contributed by atoms with van der Waals surface area (Å²) >= 11 is 0. The third kappa shape index (κ3) is 4.09. The molecule has 0 atom stereocenters. The van der Waals surface area contributed by atoms with E-state index in [1.165, 1.54) is 0 Å². The summed E-state index contributed by atoms with van der Waals surface area (Å²) in [5.41, 5.74) is 3.02. The highest BCUT2D eigenvalue weighted by Crippen LogP contribution is 2.30. The van der Waals surface area contributed by atoms with E-state index in [1.807, 2.05) is 26.0 Å². The molecular weight excluding hydrogens is 236 g/mol. The van der Waals surface area contributed by atoms with Crippen LogP contribution < -0.4 is 4.74 Å². The molecule has 0 heterocycles. The average Bonchev–Trinajstić information content (AvgIpc) is 2.36. The van der Waals surface area contributed by atoms with Crippen LogP contribution in [0.4, 0.5) is 0 Å². The molecule has 0 aliphatic rings. The van der Waals surface area contributed by atoms with Gasteiger partial charge < -0.3 is 4.74 Å². The molecule has 0 aliphatic heterocycles. The molecule has 0 fully saturated rings. The minimum absolute atomic E-state index is 0.240. The van der Waals surface area contributed by atoms with Gasteiger partial charge in [-0.1, -0.05) is 27.7 Å². The van der Waals surface area contributed by atoms with Crippen LogP contribution in [-0.4, -0.2) is 12.4 Å². The molecule has 0 unspecified atom stereocenters. The lowest BCUT2D eigenvalue weighted by Gasteiger charge is -2.17. The Labute approximate surface area is 117 Å². The van der Waals surface area contributed by atoms with Crippen LogP contribution in [0.5, 0.6) is 5.75 Å². The molecule has 2 heteroatoms. The predicted octanol–water partition coefficient (Wildman–Crippen LogP) is 4.89. The van der Waals surface area contributed by atoms with Gasteiger partial charge in [0.1, 0.15) is 5.75 Å². The number of ether oxygens (including phenoxy) is 1. The van der Waals surface area contributed by atoms with Gasteiger partial charge in [-0.05, 0) is 48.9 Å². The number of aryl methyl sites for hydroxylation is 1. The molecule has 0 saturated carbocycles. The van der Waals surface area contributed by atoms with Gasteiger partial charge in [-0.25, -0.2) is 0 Å². The highest BCUT2D eigenvalue weighted by Gasteiger charge is 2.15. The summed E-state index contributed by atoms with van der Waals surface area (Å²) in [6, 6.07) is 4.05. The molecule has 19 heavy (non-hydrogen) atoms. The first kappa shape index (κ1) is 15.7. The molecule has 0 aliphatic carbocycles. The van der Waals surface area contributed by atoms with Crippen molar-refractivity contribution >= 4 is 5.78 Å². The van der Waals surface area contributed by atoms with Gasteiger partial charge in [-0.2, -0.15) is 0 Å². The standard InChI is InChI=1S/C17H26O2/c1-6-8-16(18)15-11-14(12(3)4)17(10-13(15)5)19-9-7-2/h10-12H,6-9H2,1-5H3. The van der Waals surface area contributed by atoms with Crippen molar-refractivity contribution in [3.05, 3.63) is 28.8 Å². The minimum Gasteiger partial charge on any atom is -0.493 e. The molecule has 1 rings (SSSR count). The first-order valence-electron chi connectivity index (χ1n) is 7.31. The van der Waals surface area contributed by atoms with E-state index >= 15 is 0 Å². The van der Waals surface area contributed by atoms with Crippen LogP contribution in [0.25, 0.3) is 0 Å². The van der Waals surface area contributed by atoms with Crippen molar-refractivity contribution in [3.63, 3.8) is 0 Å². The lowest BCUT2D eigenvalue weighted by Crippen LogP contribution is -2.06. The van der Waals surface area contributed by atoms with E-state index in [-0.39, 0.29) is 5.78 Å². The summed E-state index contributed by atoms with van der Waals surface area (Å²) in [5, 5.41) is 0. The van der Waals surface area contributed by atoms with Crippen LogP contribution in [0, 0.1) is 6.92 Å². The Balaban J connectivity index is 3.16. The van der Waals surface area contributed by atoms with Crippen LogP contribution in [0.3, 0.4) is 0 Å². The van der Waals surface area contributed by atoms with Crippen molar-refractivity contribution in [2.45, 2.75) is 59.8 Å². The van der Waals surface area contributed by atoms with Crippen LogP contribution in [0.15, 0.2) is 12.1 Å². The maximum Gasteiger partial charge on any atom is 0.163 e. The van der Waals surface area contributed by atoms with Gasteiger partial charge in [0.05, 0.1) is 6.61 Å². The molecule has 0 saturated heterocycles. The van der Waals surface area contributed by atoms with E-state index in [2.05, 4.69) is 20.8 Å². The monoisotopic (exact) mass is 262 g/mol. The summed E-state index contributed by atoms with van der Waals surface area (Å²) in [7, 11) is 0. The Morgan fingerprint density at radius 3 is 2.42 bits per heavy atom. The SMILES string of the molecule is CCCOc1cc(C)c(C(=O)CCC)cc1C(C)C. The third-order valence-electron chi connectivity index (χ3n) is 3.22. The molecule has 0 spiro atoms. The molecule has 106 valence electrons. The smallest absolute Gasteiger partial charge is 0.163 e. The van der Waals surface area contributed by atoms with E-state index in [9.17, 15) is 4.79 Å². The van der Waals surface area contributed by atoms with Gasteiger partial charge in [0.25, 0.3) is 0 Å². The Morgan fingerprint density at radius 2 is 1.89 bits per heavy atom. The summed E-state index contributed by atoms with van der Waals surface area (Å²) in [5.74, 6) is 1.53. The molecule has 0 N–H and O–H groups in total. The number of carbonyl (C=O) groups excluding carboxylic acids is 1. The summed E-state index contributed by atoms with van der Waals surface area (Å²) in [6.45, 7) is 11.1. The molecule has 0 amide bonds. The maximum atomic E-state index is 12.1. The number of hydrogen-bond donors (Lipinski definition) is 0. The minimum atomic E-state index is 0.240. The Hall–Kier alpha value is -1.31. The molecule has 0 bridgehead atoms. The predicted molar refractivity (Wildman–Crippen MR) is 80.3 cm³/mol. The van der Waals surface area contributed by atoms with Crippen molar-refractivity contribution < 1.29 is 9.53 Å². The molecule has 2 nitrogen and oxygen atoms in total. The van der Waals surface area contributed by atoms with Gasteiger partial charge in [-0.15, -0.1) is 0 Å². The second kappa shape index (κ2) is 7.32. The first-order chi connectivity index (χ1) is 9.01. The molecule has 1 aromatic rings. The summed E-state index contributed by atoms with van der Waals surface area (Å²) in [4.78, 5) is 12.1. The van der Waals surface area contributed by atoms with Crippen molar-refractivity contribution in [3.8, 4) is 5.75 Å². The van der Waals surface area contributed by atoms with Crippen molar-refractivity contribution in [2.75, 3.05) is 6.61 Å². The molecule has 1 aromatic carbocycles. The number of rotatable bonds is 7. The molecular formula is C17H26O2. The normalized spacial score (nSPS) is 10.8. The van der Waals surface area contributed by atoms with Crippen molar-refractivity contribution in [1.29, 1.82) is 0 Å². The quantitative estimate of drug-likeness (QED) is 0.654. The zero-order valence-electron chi connectivity index (χ0n) is 12.9. The van der Waals surface area contributed by atoms with Crippen LogP contribution in [0.1, 0.15) is 74.4 Å². The summed E-state index contributed by atoms with van der Waals surface area (Å²) < 4.78 is 5.81. The number of carbonyl (C=O) groups is 1. The van der Waals surface area contributed by atoms with Gasteiger partial charge in [0.15, 0.2) is 5.78 Å². The lowest BCUT2D eigenvalue weighted by molar-refractivity contribution is 0.0981. The van der Waals surface area contributed by atoms with E-state index in [1.54, 1.807) is 0 Å². The second-order valence-corrected chi connectivity index (χ2v) is 5.38. The zero-order valence-corrected chi connectivity index (χ0v) is 12.9. The second-order valence-electron chi connectivity index (χ2n) is 5.38. The number of Topliss-reactive ketones (excluding diaryl/α,β-unsaturated/α-hetero) is 1. The van der Waals surface area contributed by atoms with E-state index in [4.69, 9.17) is 4.74 Å². The molecule has 0 radical (unpaired) electrons. The highest BCUT2D eigenvalue weighted by molar-refractivity contribution is 5.97. The van der Waals surface area contributed by atoms with Crippen molar-refractivity contribution in [2.24, 2.45) is 0 Å². The van der Waals surface area contributed by atoms with Crippen molar-refractivity contribution in [1.82, 2.24) is 0 Å². The Morgan fingerprint density at radius 1 is 1.21 bits per heavy atom. The maximum absolute atomic E-state index is 12.1. The van der Waals surface area contributed by atoms with Gasteiger partial charge in [0, 0.05) is 12.0 Å². The topological polar surface area (TPSA) is 26.3 Å². The average molecular weight is 262 g/mol. The molecule has 0 aromatic heterocycles. The fraction of sp³-hybridized carbons (Fsp3) is 0.588. The first-order valence-corrected chi connectivity index (χ1v) is 7.31. The largest absolute Gasteiger partial charge is 0.493 e. The van der Waals surface area contributed by atoms with Gasteiger partial charge >= 0.3 is 0 Å². The fourth-order valence-corrected chi connectivity index (χ4v) is 2.15. The lowest BCUT2D eigenvalue weighted by atomic mass is 9.93. The van der Waals surface area contributed by atoms with Crippen LogP contribution in [-0.2, 0) is 0 Å². The van der Waals surface area contributed by atoms with Gasteiger partial charge in [0.2, 0.25) is 0 Å². The van der Waals surface area contributed by atoms with E-state index in [0.29, 0.717) is 12.3 Å². The van der Waals surface area contributed by atoms with Gasteiger partial charge in [-0.3, -0.25) is 4.79 Å². The number of benzene rings is 1. The highest BCUT2D eigenvalue weighted by atomic mass is 16.5. The number of ketones is 1. The van der Waals surface area contributed by atoms with Crippen LogP contribution >= 0.6 is 0 Å². The fourth-order valence-electron chi connectivity index (χ4n) is 2.15. The Bertz CT molecular complexity index is 433.